The lowest BCUT2D eigenvalue weighted by molar-refractivity contribution is -0.117. The Morgan fingerprint density at radius 1 is 1.11 bits per heavy atom. The van der Waals surface area contributed by atoms with E-state index in [1.165, 1.54) is 22.4 Å². The number of aryl methyl sites for hydroxylation is 2. The maximum Gasteiger partial charge on any atom is 0.246 e. The summed E-state index contributed by atoms with van der Waals surface area (Å²) in [5, 5.41) is 3.19. The molecule has 27 heavy (non-hydrogen) atoms. The minimum Gasteiger partial charge on any atom is -0.378 e. The molecule has 1 amide bonds. The molecule has 0 saturated carbocycles. The Balaban J connectivity index is 1.85. The molecule has 0 bridgehead atoms. The minimum atomic E-state index is -0.0629. The Bertz CT molecular complexity index is 906. The van der Waals surface area contributed by atoms with E-state index in [1.807, 2.05) is 4.90 Å². The van der Waals surface area contributed by atoms with Crippen LogP contribution in [0.5, 0.6) is 0 Å². The molecule has 0 radical (unpaired) electrons. The molecule has 5 nitrogen and oxygen atoms in total. The second kappa shape index (κ2) is 7.29. The molecule has 0 unspecified atom stereocenters. The van der Waals surface area contributed by atoms with Gasteiger partial charge < -0.3 is 19.9 Å². The SMILES string of the molecule is Cc1cccc(-c2cc(N3CC(=O)NC3=S)cc(C)c2N2CCOCC2)c1. The van der Waals surface area contributed by atoms with Gasteiger partial charge in [-0.25, -0.2) is 0 Å². The highest BCUT2D eigenvalue weighted by Crippen LogP contribution is 2.38. The number of benzene rings is 2. The maximum absolute atomic E-state index is 11.8. The summed E-state index contributed by atoms with van der Waals surface area (Å²) in [6.45, 7) is 7.73. The molecule has 0 aromatic heterocycles. The molecule has 2 aliphatic rings. The van der Waals surface area contributed by atoms with Crippen LogP contribution in [-0.2, 0) is 9.53 Å². The van der Waals surface area contributed by atoms with Gasteiger partial charge >= 0.3 is 0 Å². The Hall–Kier alpha value is -2.44. The van der Waals surface area contributed by atoms with Crippen LogP contribution >= 0.6 is 12.2 Å². The fourth-order valence-electron chi connectivity index (χ4n) is 3.81. The van der Waals surface area contributed by atoms with Crippen molar-refractivity contribution in [3.05, 3.63) is 47.5 Å². The van der Waals surface area contributed by atoms with Crippen molar-refractivity contribution < 1.29 is 9.53 Å². The van der Waals surface area contributed by atoms with Gasteiger partial charge in [0, 0.05) is 30.0 Å². The first kappa shape index (κ1) is 17.9. The zero-order chi connectivity index (χ0) is 19.0. The van der Waals surface area contributed by atoms with Gasteiger partial charge in [-0.1, -0.05) is 29.8 Å². The molecule has 2 aromatic rings. The van der Waals surface area contributed by atoms with Crippen molar-refractivity contribution in [2.75, 3.05) is 42.6 Å². The van der Waals surface area contributed by atoms with E-state index < -0.39 is 0 Å². The van der Waals surface area contributed by atoms with Crippen LogP contribution in [0.15, 0.2) is 36.4 Å². The summed E-state index contributed by atoms with van der Waals surface area (Å²) in [7, 11) is 0. The number of carbonyl (C=O) groups is 1. The van der Waals surface area contributed by atoms with Crippen molar-refractivity contribution >= 4 is 34.6 Å². The average molecular weight is 382 g/mol. The number of nitrogens with zero attached hydrogens (tertiary/aromatic N) is 2. The van der Waals surface area contributed by atoms with Crippen molar-refractivity contribution in [3.8, 4) is 11.1 Å². The summed E-state index contributed by atoms with van der Waals surface area (Å²) in [6.07, 6.45) is 0. The van der Waals surface area contributed by atoms with E-state index in [-0.39, 0.29) is 12.5 Å². The van der Waals surface area contributed by atoms with Crippen LogP contribution in [0, 0.1) is 13.8 Å². The molecule has 4 rings (SSSR count). The van der Waals surface area contributed by atoms with Gasteiger partial charge in [0.25, 0.3) is 0 Å². The average Bonchev–Trinajstić information content (AvgIpc) is 3.00. The highest BCUT2D eigenvalue weighted by atomic mass is 32.1. The fourth-order valence-corrected chi connectivity index (χ4v) is 4.09. The number of rotatable bonds is 3. The summed E-state index contributed by atoms with van der Waals surface area (Å²) in [5.41, 5.74) is 6.91. The number of carbonyl (C=O) groups excluding carboxylic acids is 1. The molecular formula is C21H23N3O2S. The number of amides is 1. The maximum atomic E-state index is 11.8. The second-order valence-corrected chi connectivity index (χ2v) is 7.45. The van der Waals surface area contributed by atoms with Gasteiger partial charge in [0.05, 0.1) is 13.2 Å². The van der Waals surface area contributed by atoms with E-state index in [4.69, 9.17) is 17.0 Å². The first-order valence-electron chi connectivity index (χ1n) is 9.18. The fraction of sp³-hybridized carbons (Fsp3) is 0.333. The first-order chi connectivity index (χ1) is 13.0. The number of ether oxygens (including phenoxy) is 1. The third-order valence-electron chi connectivity index (χ3n) is 5.05. The summed E-state index contributed by atoms with van der Waals surface area (Å²) < 4.78 is 5.54. The number of anilines is 2. The summed E-state index contributed by atoms with van der Waals surface area (Å²) in [6, 6.07) is 12.8. The van der Waals surface area contributed by atoms with Crippen LogP contribution in [0.2, 0.25) is 0 Å². The molecule has 2 fully saturated rings. The standard InChI is InChI=1S/C21H23N3O2S/c1-14-4-3-5-16(10-14)18-12-17(24-13-19(25)22-21(24)27)11-15(2)20(18)23-6-8-26-9-7-23/h3-5,10-12H,6-9,13H2,1-2H3,(H,22,25,27). The minimum absolute atomic E-state index is 0.0629. The molecule has 2 saturated heterocycles. The molecule has 1 N–H and O–H groups in total. The topological polar surface area (TPSA) is 44.8 Å². The molecule has 2 heterocycles. The number of hydrogen-bond acceptors (Lipinski definition) is 4. The highest BCUT2D eigenvalue weighted by Gasteiger charge is 2.27. The molecule has 140 valence electrons. The monoisotopic (exact) mass is 381 g/mol. The van der Waals surface area contributed by atoms with Gasteiger partial charge in [-0.05, 0) is 49.3 Å². The van der Waals surface area contributed by atoms with Crippen LogP contribution < -0.4 is 15.1 Å². The van der Waals surface area contributed by atoms with E-state index >= 15 is 0 Å². The van der Waals surface area contributed by atoms with Gasteiger partial charge in [0.1, 0.15) is 6.54 Å². The molecule has 0 atom stereocenters. The quantitative estimate of drug-likeness (QED) is 0.828. The molecule has 2 aliphatic heterocycles. The lowest BCUT2D eigenvalue weighted by Crippen LogP contribution is -2.37. The Morgan fingerprint density at radius 3 is 2.56 bits per heavy atom. The third kappa shape index (κ3) is 3.55. The predicted octanol–water partition coefficient (Wildman–Crippen LogP) is 3.03. The van der Waals surface area contributed by atoms with Crippen molar-refractivity contribution in [3.63, 3.8) is 0 Å². The number of morpholine rings is 1. The Morgan fingerprint density at radius 2 is 1.89 bits per heavy atom. The van der Waals surface area contributed by atoms with Gasteiger partial charge in [-0.2, -0.15) is 0 Å². The van der Waals surface area contributed by atoms with Gasteiger partial charge in [-0.15, -0.1) is 0 Å². The van der Waals surface area contributed by atoms with E-state index in [1.54, 1.807) is 0 Å². The molecule has 0 aliphatic carbocycles. The van der Waals surface area contributed by atoms with Crippen molar-refractivity contribution in [2.24, 2.45) is 0 Å². The van der Waals surface area contributed by atoms with E-state index in [9.17, 15) is 4.79 Å². The lowest BCUT2D eigenvalue weighted by atomic mass is 9.96. The zero-order valence-electron chi connectivity index (χ0n) is 15.6. The Labute approximate surface area is 164 Å². The molecular weight excluding hydrogens is 358 g/mol. The van der Waals surface area contributed by atoms with Gasteiger partial charge in [0.15, 0.2) is 5.11 Å². The van der Waals surface area contributed by atoms with Gasteiger partial charge in [0.2, 0.25) is 5.91 Å². The molecule has 2 aromatic carbocycles. The smallest absolute Gasteiger partial charge is 0.246 e. The predicted molar refractivity (Wildman–Crippen MR) is 112 cm³/mol. The van der Waals surface area contributed by atoms with Crippen molar-refractivity contribution in [2.45, 2.75) is 13.8 Å². The van der Waals surface area contributed by atoms with E-state index in [2.05, 4.69) is 60.5 Å². The second-order valence-electron chi connectivity index (χ2n) is 7.07. The van der Waals surface area contributed by atoms with Crippen molar-refractivity contribution in [1.29, 1.82) is 0 Å². The summed E-state index contributed by atoms with van der Waals surface area (Å²) >= 11 is 5.35. The third-order valence-corrected chi connectivity index (χ3v) is 5.37. The number of nitrogens with one attached hydrogen (secondary N) is 1. The zero-order valence-corrected chi connectivity index (χ0v) is 16.4. The van der Waals surface area contributed by atoms with Crippen molar-refractivity contribution in [1.82, 2.24) is 5.32 Å². The normalized spacial score (nSPS) is 17.4. The summed E-state index contributed by atoms with van der Waals surface area (Å²) in [5.74, 6) is -0.0629. The lowest BCUT2D eigenvalue weighted by Gasteiger charge is -2.33. The van der Waals surface area contributed by atoms with Crippen LogP contribution in [0.3, 0.4) is 0 Å². The highest BCUT2D eigenvalue weighted by molar-refractivity contribution is 7.80. The van der Waals surface area contributed by atoms with Crippen LogP contribution in [0.1, 0.15) is 11.1 Å². The summed E-state index contributed by atoms with van der Waals surface area (Å²) in [4.78, 5) is 16.0. The number of hydrogen-bond donors (Lipinski definition) is 1. The van der Waals surface area contributed by atoms with Gasteiger partial charge in [-0.3, -0.25) is 4.79 Å². The number of thiocarbonyl (C=S) groups is 1. The molecule has 6 heteroatoms. The Kier molecular flexibility index (Phi) is 4.85. The van der Waals surface area contributed by atoms with Crippen LogP contribution in [-0.4, -0.2) is 43.9 Å². The van der Waals surface area contributed by atoms with E-state index in [0.717, 1.165) is 37.6 Å². The largest absolute Gasteiger partial charge is 0.378 e. The van der Waals surface area contributed by atoms with Crippen LogP contribution in [0.25, 0.3) is 11.1 Å². The van der Waals surface area contributed by atoms with E-state index in [0.29, 0.717) is 5.11 Å². The van der Waals surface area contributed by atoms with Crippen LogP contribution in [0.4, 0.5) is 11.4 Å². The molecule has 0 spiro atoms. The first-order valence-corrected chi connectivity index (χ1v) is 9.59.